The molecule has 84 valence electrons. The van der Waals surface area contributed by atoms with Gasteiger partial charge in [0.1, 0.15) is 4.88 Å². The third-order valence-corrected chi connectivity index (χ3v) is 3.20. The summed E-state index contributed by atoms with van der Waals surface area (Å²) in [5.74, 6) is -1.21. The lowest BCUT2D eigenvalue weighted by Crippen LogP contribution is -2.19. The summed E-state index contributed by atoms with van der Waals surface area (Å²) in [5, 5.41) is 14.4. The van der Waals surface area contributed by atoms with Gasteiger partial charge in [-0.2, -0.15) is 10.1 Å². The topological polar surface area (TPSA) is 82.9 Å². The number of carbonyl (C=O) groups is 2. The minimum atomic E-state index is -1.03. The lowest BCUT2D eigenvalue weighted by Gasteiger charge is -2.05. The number of hydrogen-bond donors (Lipinski definition) is 1. The number of anilines is 1. The van der Waals surface area contributed by atoms with E-state index in [4.69, 9.17) is 5.11 Å². The van der Waals surface area contributed by atoms with E-state index in [1.165, 1.54) is 5.01 Å². The summed E-state index contributed by atoms with van der Waals surface area (Å²) in [6, 6.07) is 0. The lowest BCUT2D eigenvalue weighted by atomic mass is 10.3. The minimum Gasteiger partial charge on any atom is -0.477 e. The van der Waals surface area contributed by atoms with Crippen LogP contribution in [0.5, 0.6) is 0 Å². The van der Waals surface area contributed by atoms with Crippen LogP contribution >= 0.6 is 11.3 Å². The van der Waals surface area contributed by atoms with E-state index < -0.39 is 5.97 Å². The third kappa shape index (κ3) is 1.69. The quantitative estimate of drug-likeness (QED) is 0.842. The molecule has 2 heterocycles. The SMILES string of the molecule is CC1=NN(c2nc(C)c(C(=O)O)s2)C(=O)C1. The van der Waals surface area contributed by atoms with Crippen LogP contribution in [0.15, 0.2) is 5.10 Å². The number of nitrogens with zero attached hydrogens (tertiary/aromatic N) is 3. The average Bonchev–Trinajstić information content (AvgIpc) is 2.69. The maximum absolute atomic E-state index is 11.5. The molecule has 1 aromatic heterocycles. The van der Waals surface area contributed by atoms with Crippen molar-refractivity contribution in [3.8, 4) is 0 Å². The zero-order valence-electron chi connectivity index (χ0n) is 8.72. The molecule has 0 radical (unpaired) electrons. The Kier molecular flexibility index (Phi) is 2.47. The van der Waals surface area contributed by atoms with Crippen LogP contribution in [0.25, 0.3) is 0 Å². The summed E-state index contributed by atoms with van der Waals surface area (Å²) in [6.07, 6.45) is 0.265. The molecule has 6 nitrogen and oxygen atoms in total. The number of carboxylic acid groups (broad SMARTS) is 1. The molecule has 0 fully saturated rings. The highest BCUT2D eigenvalue weighted by Gasteiger charge is 2.27. The molecule has 1 aromatic rings. The molecule has 7 heteroatoms. The molecule has 0 bridgehead atoms. The zero-order valence-corrected chi connectivity index (χ0v) is 9.54. The Balaban J connectivity index is 2.39. The van der Waals surface area contributed by atoms with Crippen LogP contribution in [0, 0.1) is 6.92 Å². The van der Waals surface area contributed by atoms with Gasteiger partial charge in [0.25, 0.3) is 5.91 Å². The van der Waals surface area contributed by atoms with Crippen LogP contribution in [0.4, 0.5) is 5.13 Å². The molecular formula is C9H9N3O3S. The summed E-state index contributed by atoms with van der Waals surface area (Å²) in [5.41, 5.74) is 1.11. The predicted octanol–water partition coefficient (Wildman–Crippen LogP) is 1.26. The number of carbonyl (C=O) groups excluding carboxylic acids is 1. The van der Waals surface area contributed by atoms with Gasteiger partial charge in [0.15, 0.2) is 0 Å². The number of hydrogen-bond acceptors (Lipinski definition) is 5. The van der Waals surface area contributed by atoms with E-state index in [0.29, 0.717) is 16.5 Å². The molecule has 1 N–H and O–H groups in total. The van der Waals surface area contributed by atoms with Gasteiger partial charge < -0.3 is 5.11 Å². The monoisotopic (exact) mass is 239 g/mol. The van der Waals surface area contributed by atoms with Crippen molar-refractivity contribution in [1.29, 1.82) is 0 Å². The van der Waals surface area contributed by atoms with Crippen LogP contribution in [-0.4, -0.2) is 27.7 Å². The van der Waals surface area contributed by atoms with Crippen molar-refractivity contribution >= 4 is 34.1 Å². The first kappa shape index (κ1) is 10.7. The molecule has 1 aliphatic heterocycles. The molecule has 0 spiro atoms. The summed E-state index contributed by atoms with van der Waals surface area (Å²) >= 11 is 0.958. The molecule has 0 unspecified atom stereocenters. The molecule has 0 aliphatic carbocycles. The van der Waals surface area contributed by atoms with Crippen molar-refractivity contribution in [2.24, 2.45) is 5.10 Å². The summed E-state index contributed by atoms with van der Waals surface area (Å²) < 4.78 is 0. The smallest absolute Gasteiger partial charge is 0.347 e. The fourth-order valence-corrected chi connectivity index (χ4v) is 2.25. The van der Waals surface area contributed by atoms with Gasteiger partial charge >= 0.3 is 5.97 Å². The number of rotatable bonds is 2. The van der Waals surface area contributed by atoms with Crippen LogP contribution in [0.2, 0.25) is 0 Å². The second-order valence-corrected chi connectivity index (χ2v) is 4.41. The van der Waals surface area contributed by atoms with Gasteiger partial charge in [-0.05, 0) is 13.8 Å². The molecule has 0 saturated carbocycles. The summed E-state index contributed by atoms with van der Waals surface area (Å²) in [4.78, 5) is 26.5. The molecule has 2 rings (SSSR count). The maximum atomic E-state index is 11.5. The van der Waals surface area contributed by atoms with Gasteiger partial charge in [0.2, 0.25) is 5.13 Å². The summed E-state index contributed by atoms with van der Waals surface area (Å²) in [6.45, 7) is 3.34. The van der Waals surface area contributed by atoms with Crippen molar-refractivity contribution in [2.75, 3.05) is 5.01 Å². The van der Waals surface area contributed by atoms with Crippen LogP contribution in [0.1, 0.15) is 28.7 Å². The molecule has 0 aromatic carbocycles. The number of aromatic nitrogens is 1. The third-order valence-electron chi connectivity index (χ3n) is 2.07. The minimum absolute atomic E-state index is 0.141. The number of amides is 1. The second-order valence-electron chi connectivity index (χ2n) is 3.43. The normalized spacial score (nSPS) is 15.5. The van der Waals surface area contributed by atoms with Crippen molar-refractivity contribution in [3.63, 3.8) is 0 Å². The molecule has 1 aliphatic rings. The highest BCUT2D eigenvalue weighted by molar-refractivity contribution is 7.17. The first-order valence-corrected chi connectivity index (χ1v) is 5.38. The molecule has 1 amide bonds. The number of carboxylic acids is 1. The number of hydrazone groups is 1. The van der Waals surface area contributed by atoms with Gasteiger partial charge in [0, 0.05) is 5.71 Å². The Bertz CT molecular complexity index is 506. The standard InChI is InChI=1S/C9H9N3O3S/c1-4-3-6(13)12(11-4)9-10-5(2)7(16-9)8(14)15/h3H2,1-2H3,(H,14,15). The maximum Gasteiger partial charge on any atom is 0.347 e. The fraction of sp³-hybridized carbons (Fsp3) is 0.333. The Morgan fingerprint density at radius 2 is 2.19 bits per heavy atom. The largest absolute Gasteiger partial charge is 0.477 e. The van der Waals surface area contributed by atoms with Gasteiger partial charge in [-0.25, -0.2) is 9.78 Å². The molecule has 0 atom stereocenters. The molecular weight excluding hydrogens is 230 g/mol. The van der Waals surface area contributed by atoms with Gasteiger partial charge in [-0.15, -0.1) is 0 Å². The van der Waals surface area contributed by atoms with Crippen molar-refractivity contribution < 1.29 is 14.7 Å². The van der Waals surface area contributed by atoms with E-state index >= 15 is 0 Å². The fourth-order valence-electron chi connectivity index (χ4n) is 1.38. The number of aryl methyl sites for hydroxylation is 1. The highest BCUT2D eigenvalue weighted by Crippen LogP contribution is 2.28. The summed E-state index contributed by atoms with van der Waals surface area (Å²) in [7, 11) is 0. The number of thiazole rings is 1. The van der Waals surface area contributed by atoms with E-state index in [1.807, 2.05) is 0 Å². The molecule has 0 saturated heterocycles. The number of aromatic carboxylic acids is 1. The predicted molar refractivity (Wildman–Crippen MR) is 59.0 cm³/mol. The second kappa shape index (κ2) is 3.67. The van der Waals surface area contributed by atoms with Gasteiger partial charge in [0.05, 0.1) is 12.1 Å². The average molecular weight is 239 g/mol. The Morgan fingerprint density at radius 3 is 2.62 bits per heavy atom. The van der Waals surface area contributed by atoms with E-state index in [-0.39, 0.29) is 17.2 Å². The van der Waals surface area contributed by atoms with Gasteiger partial charge in [-0.3, -0.25) is 4.79 Å². The van der Waals surface area contributed by atoms with Gasteiger partial charge in [-0.1, -0.05) is 11.3 Å². The van der Waals surface area contributed by atoms with Crippen LogP contribution < -0.4 is 5.01 Å². The van der Waals surface area contributed by atoms with Crippen LogP contribution in [-0.2, 0) is 4.79 Å². The first-order chi connectivity index (χ1) is 7.49. The van der Waals surface area contributed by atoms with E-state index in [2.05, 4.69) is 10.1 Å². The van der Waals surface area contributed by atoms with Crippen molar-refractivity contribution in [2.45, 2.75) is 20.3 Å². The lowest BCUT2D eigenvalue weighted by molar-refractivity contribution is -0.116. The first-order valence-electron chi connectivity index (χ1n) is 4.57. The zero-order chi connectivity index (χ0) is 11.9. The Labute approximate surface area is 95.2 Å². The highest BCUT2D eigenvalue weighted by atomic mass is 32.1. The van der Waals surface area contributed by atoms with Crippen LogP contribution in [0.3, 0.4) is 0 Å². The van der Waals surface area contributed by atoms with Crippen molar-refractivity contribution in [3.05, 3.63) is 10.6 Å². The van der Waals surface area contributed by atoms with Crippen molar-refractivity contribution in [1.82, 2.24) is 4.98 Å². The van der Waals surface area contributed by atoms with E-state index in [0.717, 1.165) is 11.3 Å². The van der Waals surface area contributed by atoms with E-state index in [1.54, 1.807) is 13.8 Å². The molecule has 16 heavy (non-hydrogen) atoms. The Morgan fingerprint density at radius 1 is 1.50 bits per heavy atom. The van der Waals surface area contributed by atoms with E-state index in [9.17, 15) is 9.59 Å². The Hall–Kier alpha value is -1.76.